The molecule has 0 saturated carbocycles. The van der Waals surface area contributed by atoms with E-state index >= 15 is 0 Å². The van der Waals surface area contributed by atoms with Crippen LogP contribution in [0, 0.1) is 29.1 Å². The monoisotopic (exact) mass is 1390 g/mol. The van der Waals surface area contributed by atoms with Crippen LogP contribution < -0.4 is 141 Å². The predicted octanol–water partition coefficient (Wildman–Crippen LogP) is 3.41. The fourth-order valence-corrected chi connectivity index (χ4v) is 7.29. The fourth-order valence-electron chi connectivity index (χ4n) is 7.29. The number of alkyl halides is 1. The Morgan fingerprint density at radius 3 is 1.51 bits per heavy atom. The van der Waals surface area contributed by atoms with E-state index in [4.69, 9.17) is 60.7 Å². The Morgan fingerprint density at radius 1 is 0.634 bits per heavy atom. The number of fused-ring (bicyclic) bond motifs is 2. The molecule has 0 aromatic heterocycles. The van der Waals surface area contributed by atoms with Crippen LogP contribution in [-0.4, -0.2) is 112 Å². The van der Waals surface area contributed by atoms with Crippen molar-refractivity contribution < 1.29 is 229 Å². The van der Waals surface area contributed by atoms with Gasteiger partial charge in [-0.15, -0.1) is 11.6 Å². The Bertz CT molecular complexity index is 3340. The molecule has 0 unspecified atom stereocenters. The molecule has 2 aliphatic rings. The van der Waals surface area contributed by atoms with Crippen LogP contribution in [0.5, 0.6) is 28.7 Å². The molecular weight excluding hydrogens is 1310 g/mol. The number of carboxylic acids is 1. The summed E-state index contributed by atoms with van der Waals surface area (Å²) in [7, 11) is 1.28. The van der Waals surface area contributed by atoms with Gasteiger partial charge in [0, 0.05) is 65.7 Å². The number of carbonyl (C=O) groups excluding carboxylic acids is 4. The molecule has 0 bridgehead atoms. The minimum atomic E-state index is -1.26. The van der Waals surface area contributed by atoms with Gasteiger partial charge in [0.15, 0.2) is 17.4 Å². The number of rotatable bonds is 16. The predicted molar refractivity (Wildman–Crippen MR) is 337 cm³/mol. The number of phenols is 2. The third kappa shape index (κ3) is 38.1. The number of aliphatic hydroxyl groups excluding tert-OH is 1. The van der Waals surface area contributed by atoms with Crippen LogP contribution in [0.3, 0.4) is 0 Å². The number of aromatic hydroxyl groups is 2. The van der Waals surface area contributed by atoms with Gasteiger partial charge in [-0.2, -0.15) is 0 Å². The van der Waals surface area contributed by atoms with Crippen LogP contribution in [0.1, 0.15) is 136 Å². The van der Waals surface area contributed by atoms with E-state index in [1.165, 1.54) is 43.5 Å². The van der Waals surface area contributed by atoms with Crippen LogP contribution in [0.2, 0.25) is 0 Å². The molecule has 0 saturated heterocycles. The summed E-state index contributed by atoms with van der Waals surface area (Å²) in [5.41, 5.74) is 5.98. The van der Waals surface area contributed by atoms with Gasteiger partial charge < -0.3 is 61.8 Å². The van der Waals surface area contributed by atoms with Gasteiger partial charge in [-0.1, -0.05) is 51.5 Å². The van der Waals surface area contributed by atoms with Crippen molar-refractivity contribution >= 4 is 59.3 Å². The zero-order valence-electron chi connectivity index (χ0n) is 55.6. The van der Waals surface area contributed by atoms with Crippen molar-refractivity contribution in [1.29, 1.82) is 0 Å². The van der Waals surface area contributed by atoms with Gasteiger partial charge in [0.1, 0.15) is 88.9 Å². The first kappa shape index (κ1) is 97.1. The van der Waals surface area contributed by atoms with Crippen molar-refractivity contribution in [2.24, 2.45) is 0 Å². The first-order valence-corrected chi connectivity index (χ1v) is 26.7. The average Bonchev–Trinajstić information content (AvgIpc) is 1.70. The van der Waals surface area contributed by atoms with Crippen molar-refractivity contribution in [1.82, 2.24) is 0 Å². The fraction of sp³-hybridized carbons (Fsp3) is 0.318. The van der Waals surface area contributed by atoms with Crippen molar-refractivity contribution in [3.63, 3.8) is 0 Å². The molecule has 0 fully saturated rings. The van der Waals surface area contributed by atoms with Crippen molar-refractivity contribution in [2.75, 3.05) is 32.8 Å². The van der Waals surface area contributed by atoms with E-state index in [1.807, 2.05) is 34.6 Å². The van der Waals surface area contributed by atoms with Gasteiger partial charge in [0.05, 0.1) is 36.0 Å². The van der Waals surface area contributed by atoms with Gasteiger partial charge in [0.2, 0.25) is 0 Å². The molecule has 7 rings (SSSR count). The molecule has 93 heavy (non-hydrogen) atoms. The number of methoxy groups -OCH3 is 1. The maximum absolute atomic E-state index is 13.4. The number of carboxylic acid groups (broad SMARTS) is 1. The zero-order valence-corrected chi connectivity index (χ0v) is 60.6. The van der Waals surface area contributed by atoms with Crippen molar-refractivity contribution in [3.8, 4) is 28.7 Å². The number of aliphatic hydroxyl groups is 1. The Kier molecular flexibility index (Phi) is 50.3. The molecule has 0 amide bonds. The first-order valence-electron chi connectivity index (χ1n) is 26.1. The van der Waals surface area contributed by atoms with Crippen molar-refractivity contribution in [2.45, 2.75) is 107 Å². The number of hydrogen-bond acceptors (Lipinski definition) is 16. The average molecular weight is 1390 g/mol. The van der Waals surface area contributed by atoms with Crippen LogP contribution in [0.15, 0.2) is 134 Å². The number of allylic oxidation sites excluding steroid dienone is 2. The third-order valence-electron chi connectivity index (χ3n) is 10.8. The number of ether oxygens (including phenoxy) is 6. The topological polar surface area (TPSA) is 254 Å². The standard InChI is InChI=1S/2C15H17FO3.C12H13FO3.C11H13FO2.C7H5FO3.C4H7Cl.CH2O3.CH4.Al.2K.Li.5H/c1-10(2)8-18-14-6-12(5-13(16)7-14)15(17)19-9-11(3)4;1-9(2)5-12-13(6-11(16)7-14(12)17)15(18)19-8-10(3)4;1-12(2)6-9-8(11(14)15-3)4-7(13)5-10(9)16-12;1-11(2)5-9-7(6-13)3-8(12)4-10(9)14-11;8-5-1-4(7(10)11)2-6(9)3-5;1-4(2)3-5;2-1-4-3;;;;;;;;;;/h5-7H,1,3,8-9H2,2,4H3;6-7,17H,1,3,5,8H2,2,4H3;4-5H,6H2,1-3H3;3-4,13H,5-6H2,1-2H3;1-3,9H,(H,10,11);1,3H2,2H3;1,3H;1H4;;;;;;;;;/q;;;;;;;;;3*+1;;;;2*-1/p-1. The molecular formula is C66H82AlClF5K2LiO17. The third-order valence-corrected chi connectivity index (χ3v) is 11.2. The largest absolute Gasteiger partial charge is 1.00 e. The summed E-state index contributed by atoms with van der Waals surface area (Å²) >= 11 is 5.24. The minimum absolute atomic E-state index is 0. The summed E-state index contributed by atoms with van der Waals surface area (Å²) < 4.78 is 96.4. The quantitative estimate of drug-likeness (QED) is 0.0127. The van der Waals surface area contributed by atoms with Gasteiger partial charge >= 0.3 is 146 Å². The first-order chi connectivity index (χ1) is 40.9. The molecule has 17 nitrogen and oxygen atoms in total. The molecule has 5 aromatic rings. The number of benzene rings is 5. The summed E-state index contributed by atoms with van der Waals surface area (Å²) in [6, 6.07) is 13.7. The number of phenolic OH excluding ortho intramolecular Hbond substituents is 2. The second-order valence-corrected chi connectivity index (χ2v) is 21.3. The van der Waals surface area contributed by atoms with E-state index in [9.17, 15) is 46.2 Å². The molecule has 2 aliphatic heterocycles. The van der Waals surface area contributed by atoms with Crippen molar-refractivity contribution in [3.05, 3.63) is 207 Å². The van der Waals surface area contributed by atoms with E-state index in [2.05, 4.69) is 42.5 Å². The van der Waals surface area contributed by atoms with E-state index in [1.54, 1.807) is 27.7 Å². The number of carbonyl (C=O) groups is 5. The second-order valence-electron chi connectivity index (χ2n) is 21.1. The molecule has 0 atom stereocenters. The second kappa shape index (κ2) is 48.2. The van der Waals surface area contributed by atoms with Gasteiger partial charge in [-0.25, -0.2) is 41.1 Å². The zero-order chi connectivity index (χ0) is 67.4. The number of aromatic carboxylic acids is 1. The molecule has 0 radical (unpaired) electrons. The van der Waals surface area contributed by atoms with Gasteiger partial charge in [-0.05, 0) is 133 Å². The van der Waals surface area contributed by atoms with Crippen LogP contribution in [-0.2, 0) is 49.8 Å². The maximum atomic E-state index is 13.4. The molecule has 2 heterocycles. The molecule has 0 spiro atoms. The van der Waals surface area contributed by atoms with Crippen LogP contribution in [0.4, 0.5) is 22.0 Å². The molecule has 496 valence electrons. The number of esters is 3. The molecule has 4 N–H and O–H groups in total. The molecule has 27 heteroatoms. The van der Waals surface area contributed by atoms with E-state index in [0.717, 1.165) is 70.7 Å². The smallest absolute Gasteiger partial charge is 1.00 e. The summed E-state index contributed by atoms with van der Waals surface area (Å²) in [5.74, 6) is -4.74. The van der Waals surface area contributed by atoms with Crippen LogP contribution >= 0.6 is 11.6 Å². The molecule has 0 aliphatic carbocycles. The Hall–Kier alpha value is -4.59. The SMILES string of the molecule is C.C=C(C)CCl.C=C(C)COC(=O)c1cc(F)cc(O)c1CC(=C)C.C=C(C)COC(=O)c1cc(F)cc(OCC(=C)C)c1.CC1(C)Cc2c(CO)cc(F)cc2O1.COC(=O)c1cc(F)cc2c1CC(C)(C)O2.O=C(O)c1cc(O)cc(F)c1.O=CO[O-].[AlH3].[H-].[H-].[K+].[K+].[Li+]. The minimum Gasteiger partial charge on any atom is -1.00 e. The number of halogens is 6. The summed E-state index contributed by atoms with van der Waals surface area (Å²) in [4.78, 5) is 56.5. The Balaban J connectivity index is -0.000000195. The Morgan fingerprint density at radius 2 is 1.06 bits per heavy atom. The summed E-state index contributed by atoms with van der Waals surface area (Å²) in [5, 5.41) is 44.3. The van der Waals surface area contributed by atoms with Crippen LogP contribution in [0.25, 0.3) is 0 Å². The maximum Gasteiger partial charge on any atom is 1.00 e. The van der Waals surface area contributed by atoms with E-state index in [-0.39, 0.29) is 240 Å². The van der Waals surface area contributed by atoms with Gasteiger partial charge in [0.25, 0.3) is 6.47 Å². The van der Waals surface area contributed by atoms with E-state index < -0.39 is 52.7 Å². The van der Waals surface area contributed by atoms with E-state index in [0.29, 0.717) is 46.1 Å². The normalized spacial score (nSPS) is 11.3. The summed E-state index contributed by atoms with van der Waals surface area (Å²) in [6.45, 7) is 34.9. The van der Waals surface area contributed by atoms with Gasteiger partial charge in [-0.3, -0.25) is 4.79 Å². The summed E-state index contributed by atoms with van der Waals surface area (Å²) in [6.07, 6.45) is 1.58. The molecule has 5 aromatic carbocycles. The number of hydrogen-bond donors (Lipinski definition) is 4. The Labute approximate surface area is 656 Å².